The molecule has 0 aliphatic carbocycles. The number of hydrogen-bond donors (Lipinski definition) is 3. The van der Waals surface area contributed by atoms with Crippen molar-refractivity contribution in [2.45, 2.75) is 0 Å². The van der Waals surface area contributed by atoms with E-state index >= 15 is 0 Å². The van der Waals surface area contributed by atoms with Gasteiger partial charge < -0.3 is 16.8 Å². The molecule has 5 N–H and O–H groups in total. The van der Waals surface area contributed by atoms with Crippen LogP contribution in [-0.4, -0.2) is 7.05 Å². The second-order valence-corrected chi connectivity index (χ2v) is 1.66. The fraction of sp³-hybridized carbons (Fsp3) is 0.143. The first kappa shape index (κ1) is 8.62. The van der Waals surface area contributed by atoms with Gasteiger partial charge >= 0.3 is 0 Å². The van der Waals surface area contributed by atoms with Crippen LogP contribution < -0.4 is 16.8 Å². The van der Waals surface area contributed by atoms with Crippen LogP contribution in [0.4, 0.5) is 0 Å². The molecule has 0 amide bonds. The molecule has 0 bridgehead atoms. The Kier molecular flexibility index (Phi) is 3.87. The van der Waals surface area contributed by atoms with E-state index in [0.717, 1.165) is 11.3 Å². The standard InChI is InChI=1S/C7H13N3/c1-3-6(4-8)7(5-9)10-2/h3-5,10H,1,8-9H2,2H3/b6-4-,7-5+. The first-order valence-corrected chi connectivity index (χ1v) is 2.94. The molecular formula is C7H13N3. The molecule has 0 unspecified atom stereocenters. The molecule has 0 spiro atoms. The first-order chi connectivity index (χ1) is 4.79. The summed E-state index contributed by atoms with van der Waals surface area (Å²) >= 11 is 0. The van der Waals surface area contributed by atoms with Gasteiger partial charge in [0.15, 0.2) is 0 Å². The molecule has 0 atom stereocenters. The Morgan fingerprint density at radius 1 is 1.40 bits per heavy atom. The van der Waals surface area contributed by atoms with Crippen LogP contribution in [0.3, 0.4) is 0 Å². The van der Waals surface area contributed by atoms with Gasteiger partial charge in [-0.05, 0) is 0 Å². The summed E-state index contributed by atoms with van der Waals surface area (Å²) < 4.78 is 0. The van der Waals surface area contributed by atoms with E-state index in [2.05, 4.69) is 11.9 Å². The molecule has 0 aromatic rings. The Morgan fingerprint density at radius 2 is 2.00 bits per heavy atom. The fourth-order valence-corrected chi connectivity index (χ4v) is 0.592. The molecule has 0 aromatic heterocycles. The third-order valence-corrected chi connectivity index (χ3v) is 1.15. The highest BCUT2D eigenvalue weighted by Crippen LogP contribution is 2.02. The number of nitrogens with one attached hydrogen (secondary N) is 1. The Bertz CT molecular complexity index is 168. The summed E-state index contributed by atoms with van der Waals surface area (Å²) in [5.74, 6) is 0. The van der Waals surface area contributed by atoms with Crippen LogP contribution in [0, 0.1) is 0 Å². The van der Waals surface area contributed by atoms with Crippen molar-refractivity contribution in [3.8, 4) is 0 Å². The third kappa shape index (κ3) is 1.85. The van der Waals surface area contributed by atoms with Gasteiger partial charge in [-0.1, -0.05) is 12.7 Å². The second-order valence-electron chi connectivity index (χ2n) is 1.66. The molecule has 3 heteroatoms. The van der Waals surface area contributed by atoms with Crippen LogP contribution in [0.15, 0.2) is 36.3 Å². The van der Waals surface area contributed by atoms with Crippen molar-refractivity contribution < 1.29 is 0 Å². The average Bonchev–Trinajstić information content (AvgIpc) is 2.00. The fourth-order valence-electron chi connectivity index (χ4n) is 0.592. The van der Waals surface area contributed by atoms with Crippen LogP contribution in [0.2, 0.25) is 0 Å². The van der Waals surface area contributed by atoms with Crippen molar-refractivity contribution in [3.63, 3.8) is 0 Å². The van der Waals surface area contributed by atoms with Gasteiger partial charge in [0.1, 0.15) is 0 Å². The molecule has 0 saturated heterocycles. The molecule has 0 aliphatic rings. The summed E-state index contributed by atoms with van der Waals surface area (Å²) in [6, 6.07) is 0. The lowest BCUT2D eigenvalue weighted by Gasteiger charge is -2.04. The SMILES string of the molecule is C=CC(=C/N)/C(=C\N)NC. The van der Waals surface area contributed by atoms with Crippen molar-refractivity contribution in [1.29, 1.82) is 0 Å². The van der Waals surface area contributed by atoms with Crippen molar-refractivity contribution in [1.82, 2.24) is 5.32 Å². The first-order valence-electron chi connectivity index (χ1n) is 2.94. The Labute approximate surface area is 61.1 Å². The van der Waals surface area contributed by atoms with E-state index in [4.69, 9.17) is 11.5 Å². The molecule has 0 heterocycles. The van der Waals surface area contributed by atoms with Crippen LogP contribution in [-0.2, 0) is 0 Å². The van der Waals surface area contributed by atoms with E-state index in [-0.39, 0.29) is 0 Å². The molecule has 3 nitrogen and oxygen atoms in total. The van der Waals surface area contributed by atoms with Crippen molar-refractivity contribution in [3.05, 3.63) is 36.3 Å². The molecule has 0 aliphatic heterocycles. The van der Waals surface area contributed by atoms with E-state index in [1.807, 2.05) is 0 Å². The van der Waals surface area contributed by atoms with Gasteiger partial charge in [0.25, 0.3) is 0 Å². The average molecular weight is 139 g/mol. The maximum Gasteiger partial charge on any atom is 0.0583 e. The van der Waals surface area contributed by atoms with Crippen molar-refractivity contribution in [2.24, 2.45) is 11.5 Å². The normalized spacial score (nSPS) is 12.9. The monoisotopic (exact) mass is 139 g/mol. The van der Waals surface area contributed by atoms with Gasteiger partial charge in [0.2, 0.25) is 0 Å². The zero-order valence-electron chi connectivity index (χ0n) is 6.09. The summed E-state index contributed by atoms with van der Waals surface area (Å²) in [5.41, 5.74) is 12.1. The van der Waals surface area contributed by atoms with Gasteiger partial charge in [-0.25, -0.2) is 0 Å². The van der Waals surface area contributed by atoms with Gasteiger partial charge in [-0.15, -0.1) is 0 Å². The minimum Gasteiger partial charge on any atom is -0.404 e. The quantitative estimate of drug-likeness (QED) is 0.483. The number of rotatable bonds is 3. The molecule has 0 fully saturated rings. The zero-order valence-corrected chi connectivity index (χ0v) is 6.09. The number of allylic oxidation sites excluding steroid dienone is 1. The lowest BCUT2D eigenvalue weighted by atomic mass is 10.2. The Morgan fingerprint density at radius 3 is 2.10 bits per heavy atom. The van der Waals surface area contributed by atoms with Crippen LogP contribution in [0.25, 0.3) is 0 Å². The van der Waals surface area contributed by atoms with Crippen LogP contribution >= 0.6 is 0 Å². The molecule has 10 heavy (non-hydrogen) atoms. The third-order valence-electron chi connectivity index (χ3n) is 1.15. The van der Waals surface area contributed by atoms with Crippen LogP contribution in [0.5, 0.6) is 0 Å². The summed E-state index contributed by atoms with van der Waals surface area (Å²) in [6.07, 6.45) is 4.53. The highest BCUT2D eigenvalue weighted by Gasteiger charge is 1.94. The zero-order chi connectivity index (χ0) is 7.98. The van der Waals surface area contributed by atoms with Crippen molar-refractivity contribution in [2.75, 3.05) is 7.05 Å². The minimum absolute atomic E-state index is 0.775. The highest BCUT2D eigenvalue weighted by atomic mass is 14.8. The molecule has 0 saturated carbocycles. The summed E-state index contributed by atoms with van der Waals surface area (Å²) in [4.78, 5) is 0. The second kappa shape index (κ2) is 4.49. The van der Waals surface area contributed by atoms with Gasteiger partial charge in [0, 0.05) is 25.0 Å². The topological polar surface area (TPSA) is 64.1 Å². The van der Waals surface area contributed by atoms with Gasteiger partial charge in [-0.3, -0.25) is 0 Å². The number of likely N-dealkylation sites (N-methyl/N-ethyl adjacent to an activating group) is 1. The molecule has 0 rings (SSSR count). The van der Waals surface area contributed by atoms with E-state index in [0.29, 0.717) is 0 Å². The largest absolute Gasteiger partial charge is 0.404 e. The van der Waals surface area contributed by atoms with Crippen LogP contribution in [0.1, 0.15) is 0 Å². The van der Waals surface area contributed by atoms with E-state index in [9.17, 15) is 0 Å². The molecule has 56 valence electrons. The molecular weight excluding hydrogens is 126 g/mol. The van der Waals surface area contributed by atoms with Gasteiger partial charge in [0.05, 0.1) is 5.70 Å². The Hall–Kier alpha value is -1.38. The maximum absolute atomic E-state index is 5.27. The van der Waals surface area contributed by atoms with Gasteiger partial charge in [-0.2, -0.15) is 0 Å². The van der Waals surface area contributed by atoms with E-state index < -0.39 is 0 Å². The molecule has 0 radical (unpaired) electrons. The predicted molar refractivity (Wildman–Crippen MR) is 43.8 cm³/mol. The Balaban J connectivity index is 4.42. The number of nitrogens with two attached hydrogens (primary N) is 2. The lowest BCUT2D eigenvalue weighted by Crippen LogP contribution is -2.10. The smallest absolute Gasteiger partial charge is 0.0583 e. The lowest BCUT2D eigenvalue weighted by molar-refractivity contribution is 1.00. The predicted octanol–water partition coefficient (Wildman–Crippen LogP) is 0.0345. The number of hydrogen-bond acceptors (Lipinski definition) is 3. The summed E-state index contributed by atoms with van der Waals surface area (Å²) in [6.45, 7) is 3.56. The highest BCUT2D eigenvalue weighted by molar-refractivity contribution is 5.35. The molecule has 0 aromatic carbocycles. The minimum atomic E-state index is 0.775. The van der Waals surface area contributed by atoms with E-state index in [1.165, 1.54) is 12.4 Å². The van der Waals surface area contributed by atoms with Crippen molar-refractivity contribution >= 4 is 0 Å². The summed E-state index contributed by atoms with van der Waals surface area (Å²) in [5, 5.41) is 2.87. The maximum atomic E-state index is 5.27. The summed E-state index contributed by atoms with van der Waals surface area (Å²) in [7, 11) is 1.77. The van der Waals surface area contributed by atoms with E-state index in [1.54, 1.807) is 13.1 Å².